The van der Waals surface area contributed by atoms with Gasteiger partial charge in [-0.05, 0) is 89.8 Å². The van der Waals surface area contributed by atoms with Crippen molar-refractivity contribution < 1.29 is 43.0 Å². The van der Waals surface area contributed by atoms with E-state index in [0.717, 1.165) is 0 Å². The van der Waals surface area contributed by atoms with Crippen LogP contribution in [0.15, 0.2) is 65.1 Å². The Morgan fingerprint density at radius 2 is 1.21 bits per heavy atom. The van der Waals surface area contributed by atoms with Crippen LogP contribution in [-0.4, -0.2) is 122 Å². The van der Waals surface area contributed by atoms with E-state index in [1.807, 2.05) is 0 Å². The van der Waals surface area contributed by atoms with Gasteiger partial charge in [0.1, 0.15) is 47.8 Å². The number of fused-ring (bicyclic) bond motifs is 2. The number of nitrogens with zero attached hydrogens (tertiary/aromatic N) is 3. The molecule has 1 fully saturated rings. The van der Waals surface area contributed by atoms with Crippen LogP contribution in [0.3, 0.4) is 0 Å². The van der Waals surface area contributed by atoms with Crippen molar-refractivity contribution in [3.8, 4) is 23.0 Å². The lowest BCUT2D eigenvalue weighted by atomic mass is 9.98. The molecule has 0 spiro atoms. The van der Waals surface area contributed by atoms with E-state index in [1.165, 1.54) is 70.8 Å². The summed E-state index contributed by atoms with van der Waals surface area (Å²) in [6.07, 6.45) is 0.0984. The van der Waals surface area contributed by atoms with Crippen molar-refractivity contribution >= 4 is 51.4 Å². The smallest absolute Gasteiger partial charge is 0.246 e. The highest BCUT2D eigenvalue weighted by molar-refractivity contribution is 9.10. The molecule has 6 rings (SSSR count). The van der Waals surface area contributed by atoms with Crippen LogP contribution >= 0.6 is 15.9 Å². The fourth-order valence-electron chi connectivity index (χ4n) is 6.92. The summed E-state index contributed by atoms with van der Waals surface area (Å²) in [6.45, 7) is 4.45. The van der Waals surface area contributed by atoms with Gasteiger partial charge in [-0.25, -0.2) is 0 Å². The van der Waals surface area contributed by atoms with Gasteiger partial charge in [0.25, 0.3) is 0 Å². The number of halogens is 1. The first-order valence-corrected chi connectivity index (χ1v) is 19.3. The number of nitrogens with one attached hydrogen (secondary N) is 3. The SMILES string of the molecule is COc1ccc(C[C@H]2C(=O)N[C@@H](C)C(=O)N(C)[C@H]3Cc4ccc(cc4)Oc4cc(cc(Br)c4OC)C[C@@H](C(=O)N[C@H](C)C(=O)N[C@@H](C)C(=O)N2C)N(C)C3=O)cc1. The Bertz CT molecular complexity index is 2010. The van der Waals surface area contributed by atoms with Crippen LogP contribution in [0.5, 0.6) is 23.0 Å². The minimum Gasteiger partial charge on any atom is -0.497 e. The summed E-state index contributed by atoms with van der Waals surface area (Å²) in [4.78, 5) is 88.4. The van der Waals surface area contributed by atoms with Gasteiger partial charge in [0.05, 0.1) is 18.7 Å². The number of ether oxygens (including phenoxy) is 3. The van der Waals surface area contributed by atoms with Gasteiger partial charge in [-0.2, -0.15) is 0 Å². The van der Waals surface area contributed by atoms with E-state index in [2.05, 4.69) is 31.9 Å². The number of likely N-dealkylation sites (N-methyl/N-ethyl adjacent to an activating group) is 3. The predicted octanol–water partition coefficient (Wildman–Crippen LogP) is 2.61. The highest BCUT2D eigenvalue weighted by Gasteiger charge is 2.39. The summed E-state index contributed by atoms with van der Waals surface area (Å²) in [5.74, 6) is -1.76. The monoisotopic (exact) mass is 848 g/mol. The Labute approximate surface area is 340 Å². The number of methoxy groups -OCH3 is 2. The standard InChI is InChI=1S/C41H49BrN6O9/c1-22-36(49)44-23(2)39(52)46(4)31(18-25-9-13-28(55-7)14-10-25)38(51)45-24(3)40(53)48(6)33-19-26-11-15-29(16-12-26)57-34-21-27(17-30(42)35(34)56-8)20-32(37(50)43-22)47(5)41(33)54/h9-17,21-24,31-33H,18-20H2,1-8H3,(H,43,50)(H,44,49)(H,45,51)/t22-,23+,24+,31+,32+,33+/m1/s1. The lowest BCUT2D eigenvalue weighted by molar-refractivity contribution is -0.149. The van der Waals surface area contributed by atoms with E-state index < -0.39 is 71.7 Å². The summed E-state index contributed by atoms with van der Waals surface area (Å²) >= 11 is 3.54. The predicted molar refractivity (Wildman–Crippen MR) is 214 cm³/mol. The average Bonchev–Trinajstić information content (AvgIpc) is 3.19. The molecule has 15 nitrogen and oxygen atoms in total. The third kappa shape index (κ3) is 9.67. The first kappa shape index (κ1) is 42.5. The topological polar surface area (TPSA) is 176 Å². The molecule has 0 radical (unpaired) electrons. The highest BCUT2D eigenvalue weighted by atomic mass is 79.9. The van der Waals surface area contributed by atoms with E-state index in [0.29, 0.717) is 44.2 Å². The second-order valence-corrected chi connectivity index (χ2v) is 15.3. The Morgan fingerprint density at radius 1 is 0.649 bits per heavy atom. The minimum absolute atomic E-state index is 0.0228. The van der Waals surface area contributed by atoms with Gasteiger partial charge >= 0.3 is 0 Å². The maximum Gasteiger partial charge on any atom is 0.246 e. The van der Waals surface area contributed by atoms with Gasteiger partial charge in [0, 0.05) is 40.4 Å². The van der Waals surface area contributed by atoms with Crippen molar-refractivity contribution in [2.45, 2.75) is 76.3 Å². The maximum atomic E-state index is 14.7. The van der Waals surface area contributed by atoms with Crippen LogP contribution in [0.2, 0.25) is 0 Å². The van der Waals surface area contributed by atoms with Gasteiger partial charge < -0.3 is 44.9 Å². The number of amides is 6. The zero-order chi connectivity index (χ0) is 41.7. The van der Waals surface area contributed by atoms with Crippen LogP contribution in [-0.2, 0) is 48.0 Å². The van der Waals surface area contributed by atoms with Gasteiger partial charge in [-0.3, -0.25) is 28.8 Å². The lowest BCUT2D eigenvalue weighted by Crippen LogP contribution is -2.61. The van der Waals surface area contributed by atoms with E-state index in [4.69, 9.17) is 14.2 Å². The normalized spacial score (nSPS) is 24.1. The van der Waals surface area contributed by atoms with Crippen LogP contribution in [0.1, 0.15) is 37.5 Å². The number of carbonyl (C=O) groups is 6. The van der Waals surface area contributed by atoms with E-state index in [9.17, 15) is 28.8 Å². The first-order chi connectivity index (χ1) is 27.0. The molecular weight excluding hydrogens is 800 g/mol. The molecule has 57 heavy (non-hydrogen) atoms. The summed E-state index contributed by atoms with van der Waals surface area (Å²) in [6, 6.07) is 10.7. The van der Waals surface area contributed by atoms with Crippen LogP contribution in [0.4, 0.5) is 0 Å². The van der Waals surface area contributed by atoms with Gasteiger partial charge in [-0.15, -0.1) is 0 Å². The largest absolute Gasteiger partial charge is 0.497 e. The molecule has 6 bridgehead atoms. The first-order valence-electron chi connectivity index (χ1n) is 18.5. The zero-order valence-electron chi connectivity index (χ0n) is 33.3. The minimum atomic E-state index is -1.18. The van der Waals surface area contributed by atoms with Crippen molar-refractivity contribution in [2.75, 3.05) is 35.4 Å². The second-order valence-electron chi connectivity index (χ2n) is 14.4. The van der Waals surface area contributed by atoms with E-state index >= 15 is 0 Å². The molecule has 0 aliphatic carbocycles. The second kappa shape index (κ2) is 18.1. The van der Waals surface area contributed by atoms with Crippen molar-refractivity contribution in [2.24, 2.45) is 0 Å². The molecule has 3 heterocycles. The maximum absolute atomic E-state index is 14.7. The molecule has 6 atom stereocenters. The zero-order valence-corrected chi connectivity index (χ0v) is 34.8. The number of rotatable bonds is 4. The average molecular weight is 850 g/mol. The molecule has 0 aromatic heterocycles. The molecule has 3 aliphatic heterocycles. The molecule has 3 aromatic carbocycles. The molecule has 16 heteroatoms. The molecule has 0 unspecified atom stereocenters. The number of benzene rings is 3. The molecule has 3 aliphatic rings. The Kier molecular flexibility index (Phi) is 13.5. The van der Waals surface area contributed by atoms with Crippen molar-refractivity contribution in [3.05, 3.63) is 81.8 Å². The molecule has 3 N–H and O–H groups in total. The summed E-state index contributed by atoms with van der Waals surface area (Å²) in [5.41, 5.74) is 1.99. The molecule has 304 valence electrons. The summed E-state index contributed by atoms with van der Waals surface area (Å²) in [5, 5.41) is 8.15. The Balaban J connectivity index is 1.59. The summed E-state index contributed by atoms with van der Waals surface area (Å²) < 4.78 is 17.6. The molecule has 0 saturated carbocycles. The molecule has 6 amide bonds. The number of carbonyl (C=O) groups excluding carboxylic acids is 6. The fraction of sp³-hybridized carbons (Fsp3) is 0.415. The Morgan fingerprint density at radius 3 is 1.82 bits per heavy atom. The lowest BCUT2D eigenvalue weighted by Gasteiger charge is -2.36. The number of hydrogen-bond donors (Lipinski definition) is 3. The van der Waals surface area contributed by atoms with E-state index in [1.54, 1.807) is 60.7 Å². The summed E-state index contributed by atoms with van der Waals surface area (Å²) in [7, 11) is 7.43. The van der Waals surface area contributed by atoms with E-state index in [-0.39, 0.29) is 19.3 Å². The van der Waals surface area contributed by atoms with Gasteiger partial charge in [-0.1, -0.05) is 24.3 Å². The third-order valence-electron chi connectivity index (χ3n) is 10.4. The third-order valence-corrected chi connectivity index (χ3v) is 11.0. The van der Waals surface area contributed by atoms with Gasteiger partial charge in [0.2, 0.25) is 35.4 Å². The van der Waals surface area contributed by atoms with Gasteiger partial charge in [0.15, 0.2) is 11.5 Å². The van der Waals surface area contributed by atoms with Crippen molar-refractivity contribution in [1.29, 1.82) is 0 Å². The van der Waals surface area contributed by atoms with Crippen LogP contribution < -0.4 is 30.2 Å². The molecular formula is C41H49BrN6O9. The number of hydrogen-bond acceptors (Lipinski definition) is 9. The van der Waals surface area contributed by atoms with Crippen molar-refractivity contribution in [3.63, 3.8) is 0 Å². The van der Waals surface area contributed by atoms with Crippen molar-refractivity contribution in [1.82, 2.24) is 30.7 Å². The quantitative estimate of drug-likeness (QED) is 0.357. The molecule has 1 saturated heterocycles. The highest BCUT2D eigenvalue weighted by Crippen LogP contribution is 2.40. The molecule has 3 aromatic rings. The fourth-order valence-corrected chi connectivity index (χ4v) is 7.57. The Hall–Kier alpha value is -5.64. The van der Waals surface area contributed by atoms with Crippen LogP contribution in [0, 0.1) is 0 Å². The van der Waals surface area contributed by atoms with Crippen LogP contribution in [0.25, 0.3) is 0 Å².